The molecule has 0 unspecified atom stereocenters. The molecule has 1 aliphatic rings. The van der Waals surface area contributed by atoms with Crippen molar-refractivity contribution in [3.05, 3.63) is 95.9 Å². The molecular formula is C32H30F4N6O2S. The fraction of sp³-hybridized carbons (Fsp3) is 0.250. The van der Waals surface area contributed by atoms with E-state index < -0.39 is 18.2 Å². The van der Waals surface area contributed by atoms with Gasteiger partial charge in [-0.1, -0.05) is 62.0 Å². The van der Waals surface area contributed by atoms with Gasteiger partial charge in [-0.05, 0) is 60.7 Å². The summed E-state index contributed by atoms with van der Waals surface area (Å²) in [5, 5.41) is 7.35. The second-order valence-corrected chi connectivity index (χ2v) is 11.5. The van der Waals surface area contributed by atoms with Crippen LogP contribution in [0.1, 0.15) is 42.9 Å². The predicted octanol–water partition coefficient (Wildman–Crippen LogP) is 8.24. The van der Waals surface area contributed by atoms with E-state index >= 15 is 0 Å². The maximum absolute atomic E-state index is 15.0. The predicted molar refractivity (Wildman–Crippen MR) is 168 cm³/mol. The molecule has 0 aliphatic carbocycles. The van der Waals surface area contributed by atoms with Crippen LogP contribution >= 0.6 is 11.8 Å². The van der Waals surface area contributed by atoms with Crippen LogP contribution in [0, 0.1) is 6.92 Å². The Hall–Kier alpha value is -4.65. The zero-order valence-electron chi connectivity index (χ0n) is 24.7. The number of alkyl halides is 3. The Morgan fingerprint density at radius 3 is 2.51 bits per heavy atom. The van der Waals surface area contributed by atoms with Gasteiger partial charge in [0, 0.05) is 35.3 Å². The lowest BCUT2D eigenvalue weighted by Gasteiger charge is -2.32. The molecule has 0 bridgehead atoms. The molecule has 0 spiro atoms. The van der Waals surface area contributed by atoms with Gasteiger partial charge in [-0.15, -0.1) is 18.3 Å². The maximum atomic E-state index is 15.0. The van der Waals surface area contributed by atoms with E-state index in [1.807, 2.05) is 12.1 Å². The quantitative estimate of drug-likeness (QED) is 0.205. The number of rotatable bonds is 7. The molecule has 8 nitrogen and oxygen atoms in total. The number of urea groups is 1. The lowest BCUT2D eigenvalue weighted by molar-refractivity contribution is -0.274. The van der Waals surface area contributed by atoms with Gasteiger partial charge in [-0.2, -0.15) is 4.99 Å². The monoisotopic (exact) mass is 638 g/mol. The molecule has 2 heterocycles. The van der Waals surface area contributed by atoms with Crippen LogP contribution in [0.5, 0.6) is 5.75 Å². The average Bonchev–Trinajstić information content (AvgIpc) is 3.50. The number of carbonyl (C=O) groups is 1. The van der Waals surface area contributed by atoms with Crippen LogP contribution < -0.4 is 15.0 Å². The summed E-state index contributed by atoms with van der Waals surface area (Å²) in [7, 11) is 0. The smallest absolute Gasteiger partial charge is 0.406 e. The average molecular weight is 639 g/mol. The third kappa shape index (κ3) is 7.90. The molecule has 4 aromatic rings. The van der Waals surface area contributed by atoms with E-state index in [0.29, 0.717) is 28.2 Å². The van der Waals surface area contributed by atoms with E-state index in [1.54, 1.807) is 12.1 Å². The lowest BCUT2D eigenvalue weighted by Crippen LogP contribution is -2.36. The van der Waals surface area contributed by atoms with Gasteiger partial charge in [-0.25, -0.2) is 18.9 Å². The molecule has 2 amide bonds. The molecule has 1 N–H and O–H groups in total. The van der Waals surface area contributed by atoms with Crippen molar-refractivity contribution in [3.8, 4) is 22.8 Å². The second kappa shape index (κ2) is 13.6. The summed E-state index contributed by atoms with van der Waals surface area (Å²) < 4.78 is 57.5. The molecule has 0 radical (unpaired) electrons. The number of nitrogens with zero attached hydrogens (tertiary/aromatic N) is 5. The second-order valence-electron chi connectivity index (χ2n) is 10.5. The zero-order chi connectivity index (χ0) is 32.1. The maximum Gasteiger partial charge on any atom is 0.573 e. The Morgan fingerprint density at radius 1 is 1.09 bits per heavy atom. The highest BCUT2D eigenvalue weighted by molar-refractivity contribution is 8.14. The van der Waals surface area contributed by atoms with Gasteiger partial charge in [0.05, 0.1) is 5.69 Å². The highest BCUT2D eigenvalue weighted by Gasteiger charge is 2.31. The molecule has 45 heavy (non-hydrogen) atoms. The number of nitrogens with one attached hydrogen (secondary N) is 1. The first-order valence-corrected chi connectivity index (χ1v) is 15.1. The van der Waals surface area contributed by atoms with Gasteiger partial charge in [0.15, 0.2) is 11.0 Å². The molecule has 1 aromatic heterocycles. The number of thioether (sulfide) groups is 1. The first kappa shape index (κ1) is 31.8. The number of benzene rings is 3. The fourth-order valence-corrected chi connectivity index (χ4v) is 5.90. The molecule has 0 saturated carbocycles. The first-order valence-electron chi connectivity index (χ1n) is 14.1. The summed E-state index contributed by atoms with van der Waals surface area (Å²) in [5.74, 6) is 0.440. The third-order valence-corrected chi connectivity index (χ3v) is 7.99. The molecular weight excluding hydrogens is 608 g/mol. The van der Waals surface area contributed by atoms with E-state index in [2.05, 4.69) is 56.9 Å². The van der Waals surface area contributed by atoms with Gasteiger partial charge in [0.25, 0.3) is 0 Å². The number of amidine groups is 1. The number of aromatic nitrogens is 3. The Labute approximate surface area is 261 Å². The highest BCUT2D eigenvalue weighted by atomic mass is 32.2. The number of hydrogen-bond donors (Lipinski definition) is 1. The van der Waals surface area contributed by atoms with Crippen molar-refractivity contribution in [2.24, 2.45) is 4.99 Å². The van der Waals surface area contributed by atoms with E-state index in [9.17, 15) is 22.4 Å². The summed E-state index contributed by atoms with van der Waals surface area (Å²) >= 11 is 1.49. The van der Waals surface area contributed by atoms with E-state index in [1.165, 1.54) is 70.3 Å². The molecule has 3 aromatic carbocycles. The topological polar surface area (TPSA) is 84.6 Å². The molecule has 5 rings (SSSR count). The summed E-state index contributed by atoms with van der Waals surface area (Å²) in [6, 6.07) is 16.9. The molecule has 0 atom stereocenters. The number of ether oxygens (including phenoxy) is 1. The van der Waals surface area contributed by atoms with Gasteiger partial charge >= 0.3 is 12.4 Å². The molecule has 1 aliphatic heterocycles. The molecule has 234 valence electrons. The number of aliphatic imine (C=N–C) groups is 1. The number of hydrogen-bond acceptors (Lipinski definition) is 5. The molecule has 1 fully saturated rings. The first-order chi connectivity index (χ1) is 21.5. The van der Waals surface area contributed by atoms with Crippen molar-refractivity contribution in [2.75, 3.05) is 17.2 Å². The summed E-state index contributed by atoms with van der Waals surface area (Å²) in [6.07, 6.45) is -1.44. The van der Waals surface area contributed by atoms with Crippen LogP contribution in [-0.4, -0.2) is 44.6 Å². The van der Waals surface area contributed by atoms with Crippen molar-refractivity contribution < 1.29 is 27.1 Å². The number of halogens is 4. The van der Waals surface area contributed by atoms with E-state index in [0.717, 1.165) is 30.6 Å². The Balaban J connectivity index is 1.24. The number of carbonyl (C=O) groups excluding carboxylic acids is 1. The Kier molecular flexibility index (Phi) is 9.57. The number of aryl methyl sites for hydroxylation is 1. The number of anilines is 1. The largest absolute Gasteiger partial charge is 0.573 e. The summed E-state index contributed by atoms with van der Waals surface area (Å²) in [4.78, 5) is 23.3. The summed E-state index contributed by atoms with van der Waals surface area (Å²) in [5.41, 5.74) is 4.69. The lowest BCUT2D eigenvalue weighted by atomic mass is 9.95. The van der Waals surface area contributed by atoms with Gasteiger partial charge in [-0.3, -0.25) is 0 Å². The SMILES string of the molecule is Cc1cccc(N2CCCS/C2=N\C(=O)N/C=C(\F)c2ccc(-c3ncn(-c4ccc(OC(F)(F)F)cc4)n3)cc2)c1C(C)C. The van der Waals surface area contributed by atoms with Crippen molar-refractivity contribution in [3.63, 3.8) is 0 Å². The Morgan fingerprint density at radius 2 is 1.82 bits per heavy atom. The van der Waals surface area contributed by atoms with Gasteiger partial charge < -0.3 is 15.0 Å². The highest BCUT2D eigenvalue weighted by Crippen LogP contribution is 2.34. The minimum atomic E-state index is -4.78. The van der Waals surface area contributed by atoms with Crippen LogP contribution in [0.4, 0.5) is 28.0 Å². The van der Waals surface area contributed by atoms with Gasteiger partial charge in [0.2, 0.25) is 0 Å². The molecule has 13 heteroatoms. The van der Waals surface area contributed by atoms with E-state index in [4.69, 9.17) is 0 Å². The summed E-state index contributed by atoms with van der Waals surface area (Å²) in [6.45, 7) is 7.08. The van der Waals surface area contributed by atoms with E-state index in [-0.39, 0.29) is 11.3 Å². The minimum Gasteiger partial charge on any atom is -0.406 e. The molecule has 1 saturated heterocycles. The van der Waals surface area contributed by atoms with Crippen LogP contribution in [0.2, 0.25) is 0 Å². The number of amides is 2. The van der Waals surface area contributed by atoms with Crippen LogP contribution in [-0.2, 0) is 0 Å². The standard InChI is InChI=1S/C32H30F4N6O2S/c1-20(2)28-21(3)6-4-7-27(28)41-16-5-17-45-31(41)39-30(43)37-18-26(33)22-8-10-23(11-9-22)29-38-19-42(40-29)24-12-14-25(15-13-24)44-32(34,35)36/h4,6-15,18-20H,5,16-17H2,1-3H3,(H,37,43)/b26-18-,39-31-. The van der Waals surface area contributed by atoms with Crippen molar-refractivity contribution in [2.45, 2.75) is 39.5 Å². The third-order valence-electron chi connectivity index (χ3n) is 6.92. The van der Waals surface area contributed by atoms with Crippen molar-refractivity contribution in [1.29, 1.82) is 0 Å². The van der Waals surface area contributed by atoms with Gasteiger partial charge in [0.1, 0.15) is 17.9 Å². The fourth-order valence-electron chi connectivity index (χ4n) is 4.95. The minimum absolute atomic E-state index is 0.224. The Bertz CT molecular complexity index is 1720. The van der Waals surface area contributed by atoms with Crippen LogP contribution in [0.15, 0.2) is 84.2 Å². The zero-order valence-corrected chi connectivity index (χ0v) is 25.5. The normalized spacial score (nSPS) is 15.1. The van der Waals surface area contributed by atoms with Crippen molar-refractivity contribution >= 4 is 34.5 Å². The van der Waals surface area contributed by atoms with Crippen LogP contribution in [0.25, 0.3) is 22.9 Å². The van der Waals surface area contributed by atoms with Crippen LogP contribution in [0.3, 0.4) is 0 Å². The van der Waals surface area contributed by atoms with Crippen molar-refractivity contribution in [1.82, 2.24) is 20.1 Å².